The van der Waals surface area contributed by atoms with Crippen LogP contribution >= 0.6 is 0 Å². The Balaban J connectivity index is 1.88. The lowest BCUT2D eigenvalue weighted by molar-refractivity contribution is -0.385. The highest BCUT2D eigenvalue weighted by atomic mass is 32.2. The molecule has 1 N–H and O–H groups in total. The van der Waals surface area contributed by atoms with Crippen molar-refractivity contribution in [3.05, 3.63) is 58.1 Å². The molecule has 1 heterocycles. The summed E-state index contributed by atoms with van der Waals surface area (Å²) in [5.41, 5.74) is 3.19. The van der Waals surface area contributed by atoms with Crippen molar-refractivity contribution in [1.82, 2.24) is 9.21 Å². The van der Waals surface area contributed by atoms with Gasteiger partial charge in [-0.05, 0) is 62.6 Å². The molecule has 11 nitrogen and oxygen atoms in total. The van der Waals surface area contributed by atoms with Crippen molar-refractivity contribution in [2.24, 2.45) is 11.0 Å². The number of hydrogen-bond donors (Lipinski definition) is 1. The molecule has 1 aliphatic heterocycles. The molecule has 1 aliphatic rings. The minimum absolute atomic E-state index is 0.0227. The van der Waals surface area contributed by atoms with Crippen LogP contribution in [0.25, 0.3) is 0 Å². The molecule has 2 aromatic rings. The number of hydrazone groups is 1. The number of amides is 1. The molecule has 1 saturated heterocycles. The smallest absolute Gasteiger partial charge is 0.270 e. The number of nitrogens with one attached hydrogen (secondary N) is 1. The normalized spacial score (nSPS) is 16.6. The van der Waals surface area contributed by atoms with Crippen LogP contribution in [-0.2, 0) is 14.8 Å². The number of anilines is 1. The topological polar surface area (TPSA) is 134 Å². The van der Waals surface area contributed by atoms with Crippen LogP contribution in [0.3, 0.4) is 0 Å². The summed E-state index contributed by atoms with van der Waals surface area (Å²) in [7, 11) is -2.59. The van der Waals surface area contributed by atoms with E-state index < -0.39 is 20.9 Å². The Hall–Kier alpha value is -3.51. The summed E-state index contributed by atoms with van der Waals surface area (Å²) in [5, 5.41) is 15.5. The average molecular weight is 518 g/mol. The van der Waals surface area contributed by atoms with Crippen molar-refractivity contribution < 1.29 is 22.9 Å². The molecule has 0 radical (unpaired) electrons. The van der Waals surface area contributed by atoms with Gasteiger partial charge in [0.15, 0.2) is 0 Å². The summed E-state index contributed by atoms with van der Waals surface area (Å²) in [6, 6.07) is 10.6. The van der Waals surface area contributed by atoms with Crippen LogP contribution < -0.4 is 10.2 Å². The van der Waals surface area contributed by atoms with Crippen LogP contribution in [-0.4, -0.2) is 68.0 Å². The van der Waals surface area contributed by atoms with Crippen LogP contribution in [0.15, 0.2) is 52.5 Å². The molecule has 36 heavy (non-hydrogen) atoms. The Bertz CT molecular complexity index is 1210. The molecule has 3 rings (SSSR count). The number of benzene rings is 2. The molecule has 1 atom stereocenters. The number of carbonyl (C=O) groups is 1. The maximum Gasteiger partial charge on any atom is 0.270 e. The van der Waals surface area contributed by atoms with Crippen LogP contribution in [0, 0.1) is 16.0 Å². The second-order valence-electron chi connectivity index (χ2n) is 8.29. The number of rotatable bonds is 10. The third-order valence-electron chi connectivity index (χ3n) is 6.12. The van der Waals surface area contributed by atoms with Gasteiger partial charge in [0.1, 0.15) is 10.6 Å². The van der Waals surface area contributed by atoms with E-state index in [1.165, 1.54) is 22.7 Å². The number of piperidine rings is 1. The summed E-state index contributed by atoms with van der Waals surface area (Å²) >= 11 is 0. The number of sulfonamides is 1. The lowest BCUT2D eigenvalue weighted by Crippen LogP contribution is -2.46. The summed E-state index contributed by atoms with van der Waals surface area (Å²) in [5.74, 6) is 0.140. The number of carbonyl (C=O) groups excluding carboxylic acids is 1. The molecule has 0 aliphatic carbocycles. The van der Waals surface area contributed by atoms with Crippen LogP contribution in [0.4, 0.5) is 11.4 Å². The van der Waals surface area contributed by atoms with Crippen LogP contribution in [0.5, 0.6) is 5.75 Å². The second-order valence-corrected chi connectivity index (χ2v) is 10.2. The summed E-state index contributed by atoms with van der Waals surface area (Å²) in [6.45, 7) is 5.10. The van der Waals surface area contributed by atoms with Crippen LogP contribution in [0.2, 0.25) is 0 Å². The van der Waals surface area contributed by atoms with Crippen molar-refractivity contribution in [2.75, 3.05) is 38.7 Å². The molecule has 0 spiro atoms. The van der Waals surface area contributed by atoms with E-state index in [1.807, 2.05) is 13.8 Å². The van der Waals surface area contributed by atoms with E-state index in [0.717, 1.165) is 11.6 Å². The lowest BCUT2D eigenvalue weighted by Gasteiger charge is -2.34. The number of methoxy groups -OCH3 is 1. The fraction of sp³-hybridized carbons (Fsp3) is 0.417. The molecule has 0 aromatic heterocycles. The zero-order valence-electron chi connectivity index (χ0n) is 20.6. The van der Waals surface area contributed by atoms with E-state index in [4.69, 9.17) is 4.74 Å². The van der Waals surface area contributed by atoms with E-state index in [0.29, 0.717) is 31.7 Å². The first-order valence-corrected chi connectivity index (χ1v) is 13.2. The molecular formula is C24H31N5O6S. The highest BCUT2D eigenvalue weighted by molar-refractivity contribution is 7.89. The van der Waals surface area contributed by atoms with Crippen LogP contribution in [0.1, 0.15) is 32.3 Å². The predicted molar refractivity (Wildman–Crippen MR) is 137 cm³/mol. The van der Waals surface area contributed by atoms with Crippen molar-refractivity contribution in [3.8, 4) is 5.75 Å². The van der Waals surface area contributed by atoms with Gasteiger partial charge in [-0.15, -0.1) is 0 Å². The Morgan fingerprint density at radius 2 is 1.94 bits per heavy atom. The maximum atomic E-state index is 13.6. The molecule has 1 amide bonds. The summed E-state index contributed by atoms with van der Waals surface area (Å²) in [4.78, 5) is 25.0. The minimum atomic E-state index is -4.15. The van der Waals surface area contributed by atoms with E-state index in [-0.39, 0.29) is 35.3 Å². The Morgan fingerprint density at radius 3 is 2.56 bits per heavy atom. The molecular weight excluding hydrogens is 486 g/mol. The number of ether oxygens (including phenoxy) is 1. The van der Waals surface area contributed by atoms with Crippen molar-refractivity contribution in [1.29, 1.82) is 0 Å². The third-order valence-corrected chi connectivity index (χ3v) is 8.02. The number of nitro benzene ring substituents is 1. The van der Waals surface area contributed by atoms with Crippen molar-refractivity contribution in [2.45, 2.75) is 31.6 Å². The SMILES string of the molecule is CCN(CC)C(=O)C1CCCN(S(=O)(=O)c2cc([N+](=O)[O-])ccc2NN=Cc2ccc(OC)cc2)C1. The Labute approximate surface area is 210 Å². The lowest BCUT2D eigenvalue weighted by atomic mass is 9.98. The molecule has 2 aromatic carbocycles. The monoisotopic (exact) mass is 517 g/mol. The van der Waals surface area contributed by atoms with Gasteiger partial charge in [0.2, 0.25) is 15.9 Å². The average Bonchev–Trinajstić information content (AvgIpc) is 2.89. The molecule has 0 saturated carbocycles. The van der Waals surface area contributed by atoms with Crippen molar-refractivity contribution in [3.63, 3.8) is 0 Å². The van der Waals surface area contributed by atoms with Gasteiger partial charge in [0.05, 0.1) is 29.9 Å². The molecule has 1 fully saturated rings. The standard InChI is InChI=1S/C24H31N5O6S/c1-4-27(5-2)24(30)19-7-6-14-28(17-19)36(33,34)23-15-20(29(31)32)10-13-22(23)26-25-16-18-8-11-21(35-3)12-9-18/h8-13,15-16,19,26H,4-7,14,17H2,1-3H3. The number of nitrogens with zero attached hydrogens (tertiary/aromatic N) is 4. The highest BCUT2D eigenvalue weighted by Gasteiger charge is 2.36. The number of hydrogen-bond acceptors (Lipinski definition) is 8. The molecule has 0 bridgehead atoms. The molecule has 12 heteroatoms. The van der Waals surface area contributed by atoms with Gasteiger partial charge < -0.3 is 9.64 Å². The van der Waals surface area contributed by atoms with E-state index in [1.54, 1.807) is 36.3 Å². The van der Waals surface area contributed by atoms with Crippen molar-refractivity contribution >= 4 is 33.5 Å². The Morgan fingerprint density at radius 1 is 1.25 bits per heavy atom. The fourth-order valence-corrected chi connectivity index (χ4v) is 5.78. The second kappa shape index (κ2) is 12.0. The molecule has 194 valence electrons. The number of non-ortho nitro benzene ring substituents is 1. The Kier molecular flexibility index (Phi) is 8.99. The number of nitro groups is 1. The minimum Gasteiger partial charge on any atom is -0.497 e. The first-order valence-electron chi connectivity index (χ1n) is 11.7. The highest BCUT2D eigenvalue weighted by Crippen LogP contribution is 2.32. The zero-order chi connectivity index (χ0) is 26.3. The van der Waals surface area contributed by atoms with Gasteiger partial charge >= 0.3 is 0 Å². The van der Waals surface area contributed by atoms with E-state index in [9.17, 15) is 23.3 Å². The maximum absolute atomic E-state index is 13.6. The first kappa shape index (κ1) is 27.1. The summed E-state index contributed by atoms with van der Waals surface area (Å²) < 4.78 is 33.6. The fourth-order valence-electron chi connectivity index (χ4n) is 4.09. The largest absolute Gasteiger partial charge is 0.497 e. The first-order chi connectivity index (χ1) is 17.2. The third kappa shape index (κ3) is 6.18. The van der Waals surface area contributed by atoms with Gasteiger partial charge in [0, 0.05) is 38.3 Å². The van der Waals surface area contributed by atoms with Gasteiger partial charge in [-0.2, -0.15) is 9.41 Å². The zero-order valence-corrected chi connectivity index (χ0v) is 21.4. The quantitative estimate of drug-likeness (QED) is 0.290. The summed E-state index contributed by atoms with van der Waals surface area (Å²) in [6.07, 6.45) is 2.61. The predicted octanol–water partition coefficient (Wildman–Crippen LogP) is 3.32. The van der Waals surface area contributed by atoms with E-state index in [2.05, 4.69) is 10.5 Å². The van der Waals surface area contributed by atoms with Gasteiger partial charge in [-0.3, -0.25) is 20.3 Å². The van der Waals surface area contributed by atoms with Gasteiger partial charge in [-0.1, -0.05) is 0 Å². The van der Waals surface area contributed by atoms with E-state index >= 15 is 0 Å². The van der Waals surface area contributed by atoms with Gasteiger partial charge in [-0.25, -0.2) is 8.42 Å². The molecule has 1 unspecified atom stereocenters. The van der Waals surface area contributed by atoms with Gasteiger partial charge in [0.25, 0.3) is 5.69 Å².